The topological polar surface area (TPSA) is 74.5 Å². The van der Waals surface area contributed by atoms with Crippen LogP contribution in [0.25, 0.3) is 0 Å². The number of pyridine rings is 1. The summed E-state index contributed by atoms with van der Waals surface area (Å²) in [4.78, 5) is 12.7. The summed E-state index contributed by atoms with van der Waals surface area (Å²) in [6, 6.07) is 1.03. The SMILES string of the molecule is COc1cc(I)c(OC(F)(F)F)nc1[N+](=O)[O-]. The first kappa shape index (κ1) is 13.7. The standard InChI is InChI=1S/C7H4F3IN2O4/c1-16-4-2-3(11)6(17-7(8,9)10)12-5(4)13(14)15/h2H,1H3. The van der Waals surface area contributed by atoms with Crippen LogP contribution < -0.4 is 9.47 Å². The first-order valence-electron chi connectivity index (χ1n) is 3.89. The van der Waals surface area contributed by atoms with E-state index in [2.05, 4.69) is 14.5 Å². The number of nitro groups is 1. The molecule has 0 unspecified atom stereocenters. The van der Waals surface area contributed by atoms with Crippen LogP contribution in [-0.2, 0) is 0 Å². The van der Waals surface area contributed by atoms with Gasteiger partial charge in [-0.3, -0.25) is 0 Å². The molecule has 0 aliphatic rings. The Bertz CT molecular complexity index is 451. The monoisotopic (exact) mass is 364 g/mol. The minimum absolute atomic E-state index is 0.0534. The third-order valence-electron chi connectivity index (χ3n) is 1.50. The summed E-state index contributed by atoms with van der Waals surface area (Å²) in [5.41, 5.74) is 0. The Labute approximate surface area is 106 Å². The molecule has 94 valence electrons. The molecule has 17 heavy (non-hydrogen) atoms. The van der Waals surface area contributed by atoms with E-state index in [1.807, 2.05) is 0 Å². The van der Waals surface area contributed by atoms with Gasteiger partial charge in [-0.05, 0) is 27.5 Å². The van der Waals surface area contributed by atoms with Gasteiger partial charge in [0, 0.05) is 11.1 Å². The number of aromatic nitrogens is 1. The van der Waals surface area contributed by atoms with Crippen LogP contribution >= 0.6 is 22.6 Å². The van der Waals surface area contributed by atoms with Crippen LogP contribution in [0, 0.1) is 13.7 Å². The van der Waals surface area contributed by atoms with Crippen LogP contribution in [0.1, 0.15) is 0 Å². The van der Waals surface area contributed by atoms with Crippen molar-refractivity contribution in [3.8, 4) is 11.6 Å². The second-order valence-electron chi connectivity index (χ2n) is 2.61. The van der Waals surface area contributed by atoms with Crippen LogP contribution in [0.5, 0.6) is 11.6 Å². The fourth-order valence-electron chi connectivity index (χ4n) is 0.908. The average molecular weight is 364 g/mol. The lowest BCUT2D eigenvalue weighted by atomic mass is 10.4. The number of alkyl halides is 3. The molecule has 0 saturated heterocycles. The first-order chi connectivity index (χ1) is 7.74. The van der Waals surface area contributed by atoms with Crippen molar-refractivity contribution in [3.63, 3.8) is 0 Å². The van der Waals surface area contributed by atoms with Crippen molar-refractivity contribution in [2.75, 3.05) is 7.11 Å². The van der Waals surface area contributed by atoms with Crippen molar-refractivity contribution in [2.45, 2.75) is 6.36 Å². The predicted octanol–water partition coefficient (Wildman–Crippen LogP) is 2.50. The molecule has 0 N–H and O–H groups in total. The van der Waals surface area contributed by atoms with Gasteiger partial charge in [0.05, 0.1) is 7.11 Å². The van der Waals surface area contributed by atoms with Gasteiger partial charge >= 0.3 is 18.1 Å². The maximum absolute atomic E-state index is 12.0. The maximum atomic E-state index is 12.0. The van der Waals surface area contributed by atoms with Gasteiger partial charge in [-0.25, -0.2) is 0 Å². The van der Waals surface area contributed by atoms with Gasteiger partial charge in [-0.2, -0.15) is 0 Å². The highest BCUT2D eigenvalue weighted by Gasteiger charge is 2.36. The number of hydrogen-bond donors (Lipinski definition) is 0. The summed E-state index contributed by atoms with van der Waals surface area (Å²) >= 11 is 1.50. The van der Waals surface area contributed by atoms with E-state index in [1.165, 1.54) is 22.6 Å². The van der Waals surface area contributed by atoms with Crippen LogP contribution in [0.15, 0.2) is 6.07 Å². The average Bonchev–Trinajstić information content (AvgIpc) is 2.18. The summed E-state index contributed by atoms with van der Waals surface area (Å²) in [6.07, 6.45) is -4.96. The van der Waals surface area contributed by atoms with E-state index in [1.54, 1.807) is 0 Å². The van der Waals surface area contributed by atoms with Crippen LogP contribution in [0.4, 0.5) is 19.0 Å². The van der Waals surface area contributed by atoms with E-state index in [0.29, 0.717) is 0 Å². The van der Waals surface area contributed by atoms with Gasteiger partial charge in [0.25, 0.3) is 0 Å². The summed E-state index contributed by atoms with van der Waals surface area (Å²) in [7, 11) is 1.14. The Morgan fingerprint density at radius 2 is 2.12 bits per heavy atom. The van der Waals surface area contributed by atoms with Gasteiger partial charge < -0.3 is 19.6 Å². The van der Waals surface area contributed by atoms with Crippen molar-refractivity contribution in [2.24, 2.45) is 0 Å². The summed E-state index contributed by atoms with van der Waals surface area (Å²) in [5.74, 6) is -1.97. The van der Waals surface area contributed by atoms with Crippen molar-refractivity contribution in [3.05, 3.63) is 19.8 Å². The number of nitrogens with zero attached hydrogens (tertiary/aromatic N) is 2. The van der Waals surface area contributed by atoms with Gasteiger partial charge in [-0.15, -0.1) is 13.2 Å². The van der Waals surface area contributed by atoms with Crippen molar-refractivity contribution in [1.82, 2.24) is 4.98 Å². The molecule has 6 nitrogen and oxygen atoms in total. The van der Waals surface area contributed by atoms with E-state index in [4.69, 9.17) is 0 Å². The predicted molar refractivity (Wildman–Crippen MR) is 56.8 cm³/mol. The highest BCUT2D eigenvalue weighted by molar-refractivity contribution is 14.1. The van der Waals surface area contributed by atoms with Gasteiger partial charge in [0.2, 0.25) is 5.75 Å². The molecule has 0 aliphatic carbocycles. The van der Waals surface area contributed by atoms with E-state index in [0.717, 1.165) is 13.2 Å². The van der Waals surface area contributed by atoms with Crippen molar-refractivity contribution in [1.29, 1.82) is 0 Å². The van der Waals surface area contributed by atoms with Crippen LogP contribution in [-0.4, -0.2) is 23.4 Å². The Morgan fingerprint density at radius 1 is 1.53 bits per heavy atom. The molecule has 0 fully saturated rings. The Kier molecular flexibility index (Phi) is 3.95. The fraction of sp³-hybridized carbons (Fsp3) is 0.286. The lowest BCUT2D eigenvalue weighted by Gasteiger charge is -2.07. The van der Waals surface area contributed by atoms with E-state index >= 15 is 0 Å². The van der Waals surface area contributed by atoms with E-state index in [-0.39, 0.29) is 9.32 Å². The molecular formula is C7H4F3IN2O4. The largest absolute Gasteiger partial charge is 0.575 e. The summed E-state index contributed by atoms with van der Waals surface area (Å²) in [6.45, 7) is 0. The molecule has 0 atom stereocenters. The molecule has 0 aliphatic heterocycles. The highest BCUT2D eigenvalue weighted by Crippen LogP contribution is 2.33. The molecule has 1 aromatic heterocycles. The third-order valence-corrected chi connectivity index (χ3v) is 2.27. The Hall–Kier alpha value is -1.33. The fourth-order valence-corrected chi connectivity index (χ4v) is 1.42. The van der Waals surface area contributed by atoms with Gasteiger partial charge in [0.1, 0.15) is 3.57 Å². The molecule has 1 rings (SSSR count). The van der Waals surface area contributed by atoms with E-state index < -0.39 is 23.0 Å². The minimum atomic E-state index is -4.96. The number of hydrogen-bond acceptors (Lipinski definition) is 5. The van der Waals surface area contributed by atoms with E-state index in [9.17, 15) is 23.3 Å². The lowest BCUT2D eigenvalue weighted by molar-refractivity contribution is -0.391. The summed E-state index contributed by atoms with van der Waals surface area (Å²) in [5, 5.41) is 10.5. The molecule has 0 aromatic carbocycles. The molecule has 0 bridgehead atoms. The number of rotatable bonds is 3. The third kappa shape index (κ3) is 3.57. The van der Waals surface area contributed by atoms with Crippen LogP contribution in [0.2, 0.25) is 0 Å². The zero-order valence-corrected chi connectivity index (χ0v) is 10.3. The number of halogens is 4. The molecule has 10 heteroatoms. The second-order valence-corrected chi connectivity index (χ2v) is 3.77. The molecular weight excluding hydrogens is 360 g/mol. The minimum Gasteiger partial charge on any atom is -0.489 e. The molecule has 1 heterocycles. The quantitative estimate of drug-likeness (QED) is 0.468. The van der Waals surface area contributed by atoms with Crippen molar-refractivity contribution < 1.29 is 27.6 Å². The first-order valence-corrected chi connectivity index (χ1v) is 4.97. The smallest absolute Gasteiger partial charge is 0.489 e. The van der Waals surface area contributed by atoms with Crippen LogP contribution in [0.3, 0.4) is 0 Å². The van der Waals surface area contributed by atoms with Gasteiger partial charge in [-0.1, -0.05) is 0 Å². The molecule has 0 saturated carbocycles. The molecule has 0 amide bonds. The normalized spacial score (nSPS) is 11.1. The molecule has 0 radical (unpaired) electrons. The zero-order chi connectivity index (χ0) is 13.2. The molecule has 0 spiro atoms. The molecule has 1 aromatic rings. The number of ether oxygens (including phenoxy) is 2. The Balaban J connectivity index is 3.25. The van der Waals surface area contributed by atoms with Gasteiger partial charge in [0.15, 0.2) is 0 Å². The lowest BCUT2D eigenvalue weighted by Crippen LogP contribution is -2.19. The van der Waals surface area contributed by atoms with Crippen molar-refractivity contribution >= 4 is 28.4 Å². The summed E-state index contributed by atoms with van der Waals surface area (Å²) < 4.78 is 44.0. The number of methoxy groups -OCH3 is 1. The zero-order valence-electron chi connectivity index (χ0n) is 8.12. The second kappa shape index (κ2) is 4.89. The Morgan fingerprint density at radius 3 is 2.53 bits per heavy atom. The highest BCUT2D eigenvalue weighted by atomic mass is 127. The maximum Gasteiger partial charge on any atom is 0.575 e.